The van der Waals surface area contributed by atoms with Crippen LogP contribution in [0.3, 0.4) is 0 Å². The van der Waals surface area contributed by atoms with Crippen LogP contribution in [0.15, 0.2) is 23.0 Å². The Morgan fingerprint density at radius 1 is 1.16 bits per heavy atom. The standard InChI is InChI=1S/C24H27NO7/c1-4-10-6-11(5-2)19(27)16-13(10)7-12-8-14-9(3)18(26)17(23(25)31)22(30)24(14,32)21(29)15(12)20(16)28/h6,9,12,14,27-28,30,32H,4-5,7-8H2,1-3H3,(H2,25,31)/t9-,12-,14-,24-/m0/s1. The predicted molar refractivity (Wildman–Crippen MR) is 115 cm³/mol. The first-order chi connectivity index (χ1) is 15.0. The largest absolute Gasteiger partial charge is 0.508 e. The van der Waals surface area contributed by atoms with Crippen molar-refractivity contribution in [3.63, 3.8) is 0 Å². The van der Waals surface area contributed by atoms with Crippen molar-refractivity contribution in [2.45, 2.75) is 52.1 Å². The second-order valence-corrected chi connectivity index (χ2v) is 8.95. The highest BCUT2D eigenvalue weighted by Crippen LogP contribution is 2.54. The number of aliphatic hydroxyl groups excluding tert-OH is 2. The van der Waals surface area contributed by atoms with Crippen LogP contribution in [0.25, 0.3) is 5.76 Å². The van der Waals surface area contributed by atoms with Crippen LogP contribution in [0, 0.1) is 17.8 Å². The molecular weight excluding hydrogens is 414 g/mol. The average molecular weight is 441 g/mol. The van der Waals surface area contributed by atoms with Crippen molar-refractivity contribution in [2.75, 3.05) is 0 Å². The molecule has 4 atom stereocenters. The van der Waals surface area contributed by atoms with E-state index in [1.165, 1.54) is 6.92 Å². The zero-order chi connectivity index (χ0) is 23.7. The third-order valence-corrected chi connectivity index (χ3v) is 7.46. The Morgan fingerprint density at radius 2 is 1.78 bits per heavy atom. The predicted octanol–water partition coefficient (Wildman–Crippen LogP) is 1.79. The second kappa shape index (κ2) is 7.20. The zero-order valence-corrected chi connectivity index (χ0v) is 18.2. The van der Waals surface area contributed by atoms with Gasteiger partial charge in [-0.15, -0.1) is 0 Å². The van der Waals surface area contributed by atoms with Crippen molar-refractivity contribution in [3.8, 4) is 5.75 Å². The molecule has 4 rings (SSSR count). The molecule has 0 unspecified atom stereocenters. The molecule has 170 valence electrons. The van der Waals surface area contributed by atoms with Gasteiger partial charge in [0.25, 0.3) is 5.91 Å². The molecule has 0 aliphatic heterocycles. The topological polar surface area (TPSA) is 158 Å². The van der Waals surface area contributed by atoms with Crippen LogP contribution >= 0.6 is 0 Å². The number of phenolic OH excluding ortho intramolecular Hbond substituents is 1. The van der Waals surface area contributed by atoms with Crippen molar-refractivity contribution >= 4 is 23.2 Å². The summed E-state index contributed by atoms with van der Waals surface area (Å²) in [6.07, 6.45) is 1.64. The smallest absolute Gasteiger partial charge is 0.255 e. The van der Waals surface area contributed by atoms with E-state index in [1.54, 1.807) is 0 Å². The number of benzene rings is 1. The van der Waals surface area contributed by atoms with Crippen molar-refractivity contribution in [2.24, 2.45) is 23.5 Å². The molecule has 8 heteroatoms. The minimum atomic E-state index is -2.55. The molecule has 0 spiro atoms. The number of aryl methyl sites for hydroxylation is 2. The molecule has 0 bridgehead atoms. The van der Waals surface area contributed by atoms with Crippen LogP contribution in [-0.4, -0.2) is 43.5 Å². The van der Waals surface area contributed by atoms with Gasteiger partial charge in [0.2, 0.25) is 5.78 Å². The summed E-state index contributed by atoms with van der Waals surface area (Å²) in [5.41, 5.74) is 4.27. The molecule has 0 saturated heterocycles. The van der Waals surface area contributed by atoms with Gasteiger partial charge in [-0.25, -0.2) is 0 Å². The Morgan fingerprint density at radius 3 is 2.34 bits per heavy atom. The van der Waals surface area contributed by atoms with E-state index in [1.807, 2.05) is 19.9 Å². The van der Waals surface area contributed by atoms with E-state index >= 15 is 0 Å². The maximum absolute atomic E-state index is 13.6. The Balaban J connectivity index is 1.99. The van der Waals surface area contributed by atoms with E-state index in [-0.39, 0.29) is 23.3 Å². The monoisotopic (exact) mass is 441 g/mol. The Kier molecular flexibility index (Phi) is 4.97. The lowest BCUT2D eigenvalue weighted by atomic mass is 9.56. The highest BCUT2D eigenvalue weighted by atomic mass is 16.3. The van der Waals surface area contributed by atoms with Crippen LogP contribution in [0.5, 0.6) is 5.75 Å². The van der Waals surface area contributed by atoms with Gasteiger partial charge in [0.15, 0.2) is 11.4 Å². The van der Waals surface area contributed by atoms with Gasteiger partial charge in [-0.2, -0.15) is 0 Å². The third-order valence-electron chi connectivity index (χ3n) is 7.46. The number of aliphatic hydroxyl groups is 3. The number of primary amides is 1. The lowest BCUT2D eigenvalue weighted by molar-refractivity contribution is -0.152. The normalized spacial score (nSPS) is 29.6. The average Bonchev–Trinajstić information content (AvgIpc) is 2.74. The summed E-state index contributed by atoms with van der Waals surface area (Å²) in [6, 6.07) is 1.90. The van der Waals surface area contributed by atoms with Gasteiger partial charge in [-0.05, 0) is 48.3 Å². The van der Waals surface area contributed by atoms with Crippen LogP contribution in [-0.2, 0) is 33.6 Å². The summed E-state index contributed by atoms with van der Waals surface area (Å²) in [5, 5.41) is 44.0. The summed E-state index contributed by atoms with van der Waals surface area (Å²) in [5.74, 6) is -6.98. The molecule has 1 amide bonds. The van der Waals surface area contributed by atoms with Gasteiger partial charge >= 0.3 is 0 Å². The number of ketones is 2. The Hall–Kier alpha value is -3.13. The van der Waals surface area contributed by atoms with E-state index in [2.05, 4.69) is 0 Å². The lowest BCUT2D eigenvalue weighted by Gasteiger charge is -2.48. The zero-order valence-electron chi connectivity index (χ0n) is 18.2. The van der Waals surface area contributed by atoms with Gasteiger partial charge in [-0.1, -0.05) is 26.8 Å². The number of hydrogen-bond donors (Lipinski definition) is 5. The number of hydrogen-bond acceptors (Lipinski definition) is 7. The molecule has 8 nitrogen and oxygen atoms in total. The molecule has 3 aliphatic carbocycles. The summed E-state index contributed by atoms with van der Waals surface area (Å²) in [6.45, 7) is 5.32. The number of phenols is 1. The van der Waals surface area contributed by atoms with Crippen molar-refractivity contribution in [1.82, 2.24) is 0 Å². The number of aromatic hydroxyl groups is 1. The number of nitrogens with two attached hydrogens (primary N) is 1. The molecule has 0 radical (unpaired) electrons. The SMILES string of the molecule is CCc1cc(CC)c2c(c1O)C(O)=C1C(=O)[C@]3(O)C(O)=C(C(N)=O)C(=O)[C@@H](C)[C@@H]3C[C@@H]1C2. The first-order valence-electron chi connectivity index (χ1n) is 10.8. The van der Waals surface area contributed by atoms with Gasteiger partial charge < -0.3 is 26.2 Å². The minimum absolute atomic E-state index is 0.112. The van der Waals surface area contributed by atoms with Crippen molar-refractivity contribution < 1.29 is 34.8 Å². The highest BCUT2D eigenvalue weighted by Gasteiger charge is 2.62. The molecule has 3 aliphatic rings. The summed E-state index contributed by atoms with van der Waals surface area (Å²) < 4.78 is 0. The third kappa shape index (κ3) is 2.62. The fourth-order valence-electron chi connectivity index (χ4n) is 5.73. The van der Waals surface area contributed by atoms with Crippen molar-refractivity contribution in [1.29, 1.82) is 0 Å². The highest BCUT2D eigenvalue weighted by molar-refractivity contribution is 6.23. The molecule has 1 aromatic rings. The molecule has 6 N–H and O–H groups in total. The molecular formula is C24H27NO7. The van der Waals surface area contributed by atoms with Crippen LogP contribution in [0.1, 0.15) is 49.4 Å². The van der Waals surface area contributed by atoms with E-state index < -0.39 is 57.9 Å². The first kappa shape index (κ1) is 22.1. The summed E-state index contributed by atoms with van der Waals surface area (Å²) in [7, 11) is 0. The van der Waals surface area contributed by atoms with Gasteiger partial charge in [0, 0.05) is 17.4 Å². The lowest BCUT2D eigenvalue weighted by Crippen LogP contribution is -2.61. The van der Waals surface area contributed by atoms with Gasteiger partial charge in [0.1, 0.15) is 22.8 Å². The maximum atomic E-state index is 13.6. The van der Waals surface area contributed by atoms with Crippen molar-refractivity contribution in [3.05, 3.63) is 45.2 Å². The number of carbonyl (C=O) groups is 3. The molecule has 0 aromatic heterocycles. The molecule has 1 saturated carbocycles. The number of Topliss-reactive ketones (excluding diaryl/α,β-unsaturated/α-hetero) is 2. The van der Waals surface area contributed by atoms with Crippen LogP contribution in [0.4, 0.5) is 0 Å². The van der Waals surface area contributed by atoms with E-state index in [0.29, 0.717) is 24.8 Å². The van der Waals surface area contributed by atoms with Crippen LogP contribution in [0.2, 0.25) is 0 Å². The van der Waals surface area contributed by atoms with E-state index in [4.69, 9.17) is 5.73 Å². The fourth-order valence-corrected chi connectivity index (χ4v) is 5.73. The van der Waals surface area contributed by atoms with Gasteiger partial charge in [0.05, 0.1) is 5.56 Å². The van der Waals surface area contributed by atoms with Gasteiger partial charge in [-0.3, -0.25) is 14.4 Å². The second-order valence-electron chi connectivity index (χ2n) is 8.95. The van der Waals surface area contributed by atoms with E-state index in [0.717, 1.165) is 11.1 Å². The number of amides is 1. The minimum Gasteiger partial charge on any atom is -0.508 e. The molecule has 32 heavy (non-hydrogen) atoms. The number of carbonyl (C=O) groups excluding carboxylic acids is 3. The Labute approximate surface area is 185 Å². The summed E-state index contributed by atoms with van der Waals surface area (Å²) in [4.78, 5) is 38.1. The fraction of sp³-hybridized carbons (Fsp3) is 0.458. The number of fused-ring (bicyclic) bond motifs is 3. The van der Waals surface area contributed by atoms with E-state index in [9.17, 15) is 34.8 Å². The summed E-state index contributed by atoms with van der Waals surface area (Å²) >= 11 is 0. The molecule has 1 fully saturated rings. The molecule has 0 heterocycles. The first-order valence-corrected chi connectivity index (χ1v) is 10.8. The quantitative estimate of drug-likeness (QED) is 0.447. The Bertz CT molecular complexity index is 1150. The molecule has 1 aromatic carbocycles. The maximum Gasteiger partial charge on any atom is 0.255 e. The number of rotatable bonds is 3. The van der Waals surface area contributed by atoms with Crippen LogP contribution < -0.4 is 5.73 Å².